The summed E-state index contributed by atoms with van der Waals surface area (Å²) in [6.45, 7) is 5.14. The summed E-state index contributed by atoms with van der Waals surface area (Å²) in [5.74, 6) is 0.405. The van der Waals surface area contributed by atoms with E-state index in [0.29, 0.717) is 17.9 Å². The van der Waals surface area contributed by atoms with Crippen LogP contribution < -0.4 is 5.32 Å². The van der Waals surface area contributed by atoms with Crippen LogP contribution in [0.1, 0.15) is 22.3 Å². The predicted octanol–water partition coefficient (Wildman–Crippen LogP) is 3.46. The number of fused-ring (bicyclic) bond motifs is 1. The number of hydrogen-bond acceptors (Lipinski definition) is 5. The Morgan fingerprint density at radius 2 is 1.97 bits per heavy atom. The molecule has 164 valence electrons. The van der Waals surface area contributed by atoms with Crippen molar-refractivity contribution >= 4 is 28.7 Å². The first kappa shape index (κ1) is 21.8. The van der Waals surface area contributed by atoms with Crippen molar-refractivity contribution in [3.05, 3.63) is 59.4 Å². The summed E-state index contributed by atoms with van der Waals surface area (Å²) in [5.41, 5.74) is 3.45. The lowest BCUT2D eigenvalue weighted by Gasteiger charge is -2.26. The average Bonchev–Trinajstić information content (AvgIpc) is 3.12. The fourth-order valence-electron chi connectivity index (χ4n) is 3.60. The molecule has 1 N–H and O–H groups in total. The zero-order chi connectivity index (χ0) is 21.6. The van der Waals surface area contributed by atoms with Crippen molar-refractivity contribution in [3.63, 3.8) is 0 Å². The Hall–Kier alpha value is -2.42. The van der Waals surface area contributed by atoms with Crippen LogP contribution in [0, 0.1) is 5.82 Å². The molecule has 0 radical (unpaired) electrons. The number of amides is 1. The number of aromatic nitrogens is 2. The molecule has 0 saturated carbocycles. The minimum atomic E-state index is -0.233. The van der Waals surface area contributed by atoms with Gasteiger partial charge in [-0.25, -0.2) is 9.37 Å². The fraction of sp³-hybridized carbons (Fsp3) is 0.391. The molecule has 1 aliphatic heterocycles. The third kappa shape index (κ3) is 5.64. The zero-order valence-corrected chi connectivity index (χ0v) is 18.5. The third-order valence-electron chi connectivity index (χ3n) is 5.42. The number of ether oxygens (including phenoxy) is 1. The standard InChI is InChI=1S/C23H27FN4O2S/c1-27-21-15-18(22(29)25-9-2-10-28-11-13-30-14-12-28)5-8-20(21)26-23(27)31-16-17-3-6-19(24)7-4-17/h3-8,15H,2,9-14,16H2,1H3,(H,25,29). The van der Waals surface area contributed by atoms with E-state index in [9.17, 15) is 9.18 Å². The van der Waals surface area contributed by atoms with E-state index in [0.717, 1.165) is 61.0 Å². The van der Waals surface area contributed by atoms with Gasteiger partial charge in [0.1, 0.15) is 5.82 Å². The number of nitrogens with zero attached hydrogens (tertiary/aromatic N) is 3. The maximum absolute atomic E-state index is 13.1. The first-order valence-electron chi connectivity index (χ1n) is 10.5. The SMILES string of the molecule is Cn1c(SCc2ccc(F)cc2)nc2ccc(C(=O)NCCCN3CCOCC3)cc21. The maximum Gasteiger partial charge on any atom is 0.251 e. The maximum atomic E-state index is 13.1. The number of nitrogens with one attached hydrogen (secondary N) is 1. The van der Waals surface area contributed by atoms with Crippen molar-refractivity contribution < 1.29 is 13.9 Å². The Labute approximate surface area is 185 Å². The molecule has 1 amide bonds. The summed E-state index contributed by atoms with van der Waals surface area (Å²) in [4.78, 5) is 19.6. The number of carbonyl (C=O) groups excluding carboxylic acids is 1. The van der Waals surface area contributed by atoms with Gasteiger partial charge in [-0.15, -0.1) is 0 Å². The molecule has 31 heavy (non-hydrogen) atoms. The molecule has 6 nitrogen and oxygen atoms in total. The Bertz CT molecular complexity index is 1030. The number of morpholine rings is 1. The van der Waals surface area contributed by atoms with Crippen molar-refractivity contribution in [2.75, 3.05) is 39.4 Å². The van der Waals surface area contributed by atoms with Gasteiger partial charge in [0.25, 0.3) is 5.91 Å². The van der Waals surface area contributed by atoms with Crippen LogP contribution in [-0.4, -0.2) is 59.8 Å². The molecular formula is C23H27FN4O2S. The minimum absolute atomic E-state index is 0.0643. The highest BCUT2D eigenvalue weighted by atomic mass is 32.2. The number of hydrogen-bond donors (Lipinski definition) is 1. The van der Waals surface area contributed by atoms with E-state index in [1.807, 2.05) is 29.8 Å². The molecule has 3 aromatic rings. The first-order valence-corrected chi connectivity index (χ1v) is 11.5. The van der Waals surface area contributed by atoms with Crippen LogP contribution in [0.2, 0.25) is 0 Å². The summed E-state index contributed by atoms with van der Waals surface area (Å²) in [6, 6.07) is 12.1. The van der Waals surface area contributed by atoms with Gasteiger partial charge in [0.05, 0.1) is 24.2 Å². The van der Waals surface area contributed by atoms with Crippen molar-refractivity contribution in [1.29, 1.82) is 0 Å². The number of imidazole rings is 1. The summed E-state index contributed by atoms with van der Waals surface area (Å²) in [6.07, 6.45) is 0.921. The van der Waals surface area contributed by atoms with Gasteiger partial charge in [0.15, 0.2) is 5.16 Å². The van der Waals surface area contributed by atoms with Gasteiger partial charge in [-0.2, -0.15) is 0 Å². The second kappa shape index (κ2) is 10.3. The van der Waals surface area contributed by atoms with Crippen LogP contribution in [-0.2, 0) is 17.5 Å². The summed E-state index contributed by atoms with van der Waals surface area (Å²) < 4.78 is 20.4. The average molecular weight is 443 g/mol. The molecular weight excluding hydrogens is 415 g/mol. The molecule has 1 fully saturated rings. The van der Waals surface area contributed by atoms with Crippen LogP contribution in [0.3, 0.4) is 0 Å². The Kier molecular flexibility index (Phi) is 7.21. The van der Waals surface area contributed by atoms with Gasteiger partial charge in [-0.05, 0) is 48.9 Å². The molecule has 1 saturated heterocycles. The molecule has 0 aliphatic carbocycles. The molecule has 4 rings (SSSR count). The molecule has 1 aromatic heterocycles. The van der Waals surface area contributed by atoms with E-state index in [1.54, 1.807) is 23.9 Å². The van der Waals surface area contributed by atoms with Crippen LogP contribution >= 0.6 is 11.8 Å². The Balaban J connectivity index is 1.34. The summed E-state index contributed by atoms with van der Waals surface area (Å²) in [7, 11) is 1.95. The van der Waals surface area contributed by atoms with Gasteiger partial charge < -0.3 is 14.6 Å². The molecule has 0 unspecified atom stereocenters. The van der Waals surface area contributed by atoms with E-state index in [4.69, 9.17) is 4.74 Å². The second-order valence-corrected chi connectivity index (χ2v) is 8.58. The number of aryl methyl sites for hydroxylation is 1. The highest BCUT2D eigenvalue weighted by Gasteiger charge is 2.13. The van der Waals surface area contributed by atoms with E-state index in [2.05, 4.69) is 15.2 Å². The van der Waals surface area contributed by atoms with Gasteiger partial charge in [0.2, 0.25) is 0 Å². The lowest BCUT2D eigenvalue weighted by molar-refractivity contribution is 0.0374. The summed E-state index contributed by atoms with van der Waals surface area (Å²) in [5, 5.41) is 3.88. The molecule has 2 heterocycles. The van der Waals surface area contributed by atoms with Gasteiger partial charge in [-0.1, -0.05) is 23.9 Å². The highest BCUT2D eigenvalue weighted by molar-refractivity contribution is 7.98. The number of halogens is 1. The van der Waals surface area contributed by atoms with Crippen LogP contribution in [0.5, 0.6) is 0 Å². The van der Waals surface area contributed by atoms with Gasteiger partial charge in [-0.3, -0.25) is 9.69 Å². The van der Waals surface area contributed by atoms with Crippen LogP contribution in [0.4, 0.5) is 4.39 Å². The lowest BCUT2D eigenvalue weighted by Crippen LogP contribution is -2.38. The molecule has 2 aromatic carbocycles. The number of carbonyl (C=O) groups is 1. The lowest BCUT2D eigenvalue weighted by atomic mass is 10.2. The topological polar surface area (TPSA) is 59.4 Å². The van der Waals surface area contributed by atoms with E-state index < -0.39 is 0 Å². The first-order chi connectivity index (χ1) is 15.1. The second-order valence-electron chi connectivity index (χ2n) is 7.64. The summed E-state index contributed by atoms with van der Waals surface area (Å²) >= 11 is 1.59. The molecule has 0 bridgehead atoms. The normalized spacial score (nSPS) is 14.8. The van der Waals surface area contributed by atoms with Crippen molar-refractivity contribution in [2.24, 2.45) is 7.05 Å². The van der Waals surface area contributed by atoms with Crippen molar-refractivity contribution in [3.8, 4) is 0 Å². The highest BCUT2D eigenvalue weighted by Crippen LogP contribution is 2.26. The Morgan fingerprint density at radius 1 is 1.19 bits per heavy atom. The minimum Gasteiger partial charge on any atom is -0.379 e. The monoisotopic (exact) mass is 442 g/mol. The van der Waals surface area contributed by atoms with Crippen molar-refractivity contribution in [1.82, 2.24) is 19.8 Å². The van der Waals surface area contributed by atoms with Crippen LogP contribution in [0.15, 0.2) is 47.6 Å². The third-order valence-corrected chi connectivity index (χ3v) is 6.52. The van der Waals surface area contributed by atoms with E-state index in [-0.39, 0.29) is 11.7 Å². The molecule has 8 heteroatoms. The number of thioether (sulfide) groups is 1. The molecule has 0 atom stereocenters. The predicted molar refractivity (Wildman–Crippen MR) is 121 cm³/mol. The quantitative estimate of drug-likeness (QED) is 0.428. The van der Waals surface area contributed by atoms with E-state index in [1.165, 1.54) is 12.1 Å². The van der Waals surface area contributed by atoms with Crippen LogP contribution in [0.25, 0.3) is 11.0 Å². The molecule has 1 aliphatic rings. The van der Waals surface area contributed by atoms with Gasteiger partial charge >= 0.3 is 0 Å². The number of rotatable bonds is 8. The number of benzene rings is 2. The smallest absolute Gasteiger partial charge is 0.251 e. The fourth-order valence-corrected chi connectivity index (χ4v) is 4.54. The Morgan fingerprint density at radius 3 is 2.74 bits per heavy atom. The van der Waals surface area contributed by atoms with E-state index >= 15 is 0 Å². The molecule has 0 spiro atoms. The largest absolute Gasteiger partial charge is 0.379 e. The zero-order valence-electron chi connectivity index (χ0n) is 17.6. The van der Waals surface area contributed by atoms with Crippen molar-refractivity contribution in [2.45, 2.75) is 17.3 Å². The van der Waals surface area contributed by atoms with Gasteiger partial charge in [0, 0.05) is 38.0 Å².